The average molecular weight is 496 g/mol. The molecule has 2 heterocycles. The third-order valence-corrected chi connectivity index (χ3v) is 6.66. The first kappa shape index (κ1) is 24.1. The van der Waals surface area contributed by atoms with Crippen LogP contribution in [0.5, 0.6) is 0 Å². The highest BCUT2D eigenvalue weighted by Crippen LogP contribution is 2.46. The van der Waals surface area contributed by atoms with E-state index >= 15 is 0 Å². The molecule has 0 saturated heterocycles. The van der Waals surface area contributed by atoms with Gasteiger partial charge in [-0.2, -0.15) is 0 Å². The lowest BCUT2D eigenvalue weighted by Gasteiger charge is -2.36. The van der Waals surface area contributed by atoms with E-state index in [2.05, 4.69) is 10.3 Å². The number of hydrogen-bond donors (Lipinski definition) is 1. The van der Waals surface area contributed by atoms with Crippen molar-refractivity contribution >= 4 is 40.4 Å². The number of carbonyl (C=O) groups is 2. The normalized spacial score (nSPS) is 17.3. The van der Waals surface area contributed by atoms with E-state index in [1.54, 1.807) is 13.0 Å². The maximum Gasteiger partial charge on any atom is 0.338 e. The van der Waals surface area contributed by atoms with Gasteiger partial charge in [0.25, 0.3) is 0 Å². The number of aliphatic imine (C=N–C) groups is 1. The van der Waals surface area contributed by atoms with Gasteiger partial charge in [-0.25, -0.2) is 9.79 Å². The molecule has 176 valence electrons. The van der Waals surface area contributed by atoms with Crippen LogP contribution in [0.1, 0.15) is 44.4 Å². The fraction of sp³-hybridized carbons (Fsp3) is 0.269. The van der Waals surface area contributed by atoms with Gasteiger partial charge in [0, 0.05) is 16.8 Å². The molecular formula is C26H26ClN3O3S. The molecular weight excluding hydrogens is 470 g/mol. The molecule has 0 bridgehead atoms. The average Bonchev–Trinajstić information content (AvgIpc) is 3.19. The van der Waals surface area contributed by atoms with E-state index in [-0.39, 0.29) is 25.0 Å². The minimum absolute atomic E-state index is 0.0293. The number of amides is 1. The van der Waals surface area contributed by atoms with Crippen LogP contribution < -0.4 is 5.32 Å². The lowest BCUT2D eigenvalue weighted by atomic mass is 9.93. The molecule has 0 unspecified atom stereocenters. The van der Waals surface area contributed by atoms with Crippen LogP contribution in [0.25, 0.3) is 0 Å². The zero-order chi connectivity index (χ0) is 24.2. The Morgan fingerprint density at radius 2 is 1.85 bits per heavy atom. The predicted octanol–water partition coefficient (Wildman–Crippen LogP) is 5.57. The summed E-state index contributed by atoms with van der Waals surface area (Å²) in [5.74, 6) is -0.558. The number of halogens is 1. The number of rotatable bonds is 7. The summed E-state index contributed by atoms with van der Waals surface area (Å²) in [7, 11) is 0. The smallest absolute Gasteiger partial charge is 0.338 e. The first-order valence-electron chi connectivity index (χ1n) is 11.0. The Morgan fingerprint density at radius 3 is 2.56 bits per heavy atom. The quantitative estimate of drug-likeness (QED) is 0.508. The molecule has 2 aliphatic rings. The Morgan fingerprint density at radius 1 is 1.15 bits per heavy atom. The van der Waals surface area contributed by atoms with Gasteiger partial charge in [-0.05, 0) is 43.4 Å². The Labute approximate surface area is 208 Å². The second-order valence-electron chi connectivity index (χ2n) is 8.38. The van der Waals surface area contributed by atoms with Crippen LogP contribution in [-0.2, 0) is 20.9 Å². The monoisotopic (exact) mass is 495 g/mol. The van der Waals surface area contributed by atoms with E-state index in [9.17, 15) is 9.59 Å². The van der Waals surface area contributed by atoms with Crippen molar-refractivity contribution in [3.8, 4) is 0 Å². The van der Waals surface area contributed by atoms with Crippen molar-refractivity contribution in [2.75, 3.05) is 0 Å². The number of fused-ring (bicyclic) bond motifs is 1. The van der Waals surface area contributed by atoms with Gasteiger partial charge in [0.05, 0.1) is 23.7 Å². The lowest BCUT2D eigenvalue weighted by molar-refractivity contribution is -0.141. The van der Waals surface area contributed by atoms with E-state index in [0.29, 0.717) is 21.5 Å². The third-order valence-electron chi connectivity index (χ3n) is 5.42. The lowest BCUT2D eigenvalue weighted by Crippen LogP contribution is -2.38. The highest BCUT2D eigenvalue weighted by molar-refractivity contribution is 8.16. The number of nitrogens with one attached hydrogen (secondary N) is 1. The molecule has 2 aliphatic heterocycles. The van der Waals surface area contributed by atoms with Crippen LogP contribution in [0, 0.1) is 0 Å². The number of carbonyl (C=O) groups excluding carboxylic acids is 2. The van der Waals surface area contributed by atoms with Gasteiger partial charge in [-0.15, -0.1) is 0 Å². The molecule has 6 nitrogen and oxygen atoms in total. The first-order valence-corrected chi connectivity index (χ1v) is 12.3. The SMILES string of the molecule is CC1=C(C(=O)OCc2ccccc2)[C@H](c2ccccc2Cl)N2C(CC(=O)NC(C)C)=CSC2=N1. The second kappa shape index (κ2) is 10.5. The highest BCUT2D eigenvalue weighted by atomic mass is 35.5. The summed E-state index contributed by atoms with van der Waals surface area (Å²) in [4.78, 5) is 32.6. The molecule has 0 spiro atoms. The molecule has 1 atom stereocenters. The molecule has 2 aromatic carbocycles. The largest absolute Gasteiger partial charge is 0.457 e. The molecule has 34 heavy (non-hydrogen) atoms. The molecule has 2 aromatic rings. The zero-order valence-electron chi connectivity index (χ0n) is 19.2. The van der Waals surface area contributed by atoms with Crippen molar-refractivity contribution in [2.45, 2.75) is 45.9 Å². The van der Waals surface area contributed by atoms with E-state index in [1.807, 2.05) is 72.7 Å². The number of amidine groups is 1. The third kappa shape index (κ3) is 5.21. The van der Waals surface area contributed by atoms with Gasteiger partial charge in [-0.3, -0.25) is 4.79 Å². The Hall–Kier alpha value is -3.03. The van der Waals surface area contributed by atoms with Gasteiger partial charge in [0.15, 0.2) is 5.17 Å². The first-order chi connectivity index (χ1) is 16.3. The fourth-order valence-corrected chi connectivity index (χ4v) is 5.16. The number of allylic oxidation sites excluding steroid dienone is 1. The number of nitrogens with zero attached hydrogens (tertiary/aromatic N) is 2. The van der Waals surface area contributed by atoms with E-state index in [1.165, 1.54) is 11.8 Å². The van der Waals surface area contributed by atoms with Gasteiger partial charge in [-0.1, -0.05) is 71.9 Å². The number of ether oxygens (including phenoxy) is 1. The number of benzene rings is 2. The van der Waals surface area contributed by atoms with Gasteiger partial charge in [0.2, 0.25) is 5.91 Å². The van der Waals surface area contributed by atoms with E-state index in [4.69, 9.17) is 16.3 Å². The summed E-state index contributed by atoms with van der Waals surface area (Å²) >= 11 is 8.05. The van der Waals surface area contributed by atoms with Gasteiger partial charge in [0.1, 0.15) is 6.61 Å². The van der Waals surface area contributed by atoms with Crippen LogP contribution >= 0.6 is 23.4 Å². The molecule has 0 radical (unpaired) electrons. The van der Waals surface area contributed by atoms with E-state index in [0.717, 1.165) is 16.8 Å². The minimum atomic E-state index is -0.558. The minimum Gasteiger partial charge on any atom is -0.457 e. The fourth-order valence-electron chi connectivity index (χ4n) is 3.96. The van der Waals surface area contributed by atoms with Crippen molar-refractivity contribution in [2.24, 2.45) is 4.99 Å². The zero-order valence-corrected chi connectivity index (χ0v) is 20.8. The highest BCUT2D eigenvalue weighted by Gasteiger charge is 2.41. The molecule has 0 aromatic heterocycles. The van der Waals surface area contributed by atoms with Crippen molar-refractivity contribution in [3.05, 3.63) is 93.1 Å². The Balaban J connectivity index is 1.69. The molecule has 4 rings (SSSR count). The van der Waals surface area contributed by atoms with Crippen molar-refractivity contribution in [1.29, 1.82) is 0 Å². The van der Waals surface area contributed by atoms with Gasteiger partial charge < -0.3 is 15.0 Å². The predicted molar refractivity (Wildman–Crippen MR) is 136 cm³/mol. The molecule has 0 fully saturated rings. The van der Waals surface area contributed by atoms with Crippen LogP contribution in [0.15, 0.2) is 82.0 Å². The summed E-state index contributed by atoms with van der Waals surface area (Å²) in [6, 6.07) is 16.4. The summed E-state index contributed by atoms with van der Waals surface area (Å²) in [5.41, 5.74) is 3.38. The van der Waals surface area contributed by atoms with Crippen LogP contribution in [0.4, 0.5) is 0 Å². The van der Waals surface area contributed by atoms with Crippen molar-refractivity contribution in [1.82, 2.24) is 10.2 Å². The molecule has 1 amide bonds. The topological polar surface area (TPSA) is 71.0 Å². The second-order valence-corrected chi connectivity index (χ2v) is 9.62. The van der Waals surface area contributed by atoms with Crippen LogP contribution in [0.2, 0.25) is 5.02 Å². The molecule has 0 aliphatic carbocycles. The summed E-state index contributed by atoms with van der Waals surface area (Å²) in [6.45, 7) is 5.79. The summed E-state index contributed by atoms with van der Waals surface area (Å²) < 4.78 is 5.71. The van der Waals surface area contributed by atoms with Crippen molar-refractivity contribution in [3.63, 3.8) is 0 Å². The number of hydrogen-bond acceptors (Lipinski definition) is 6. The maximum atomic E-state index is 13.4. The van der Waals surface area contributed by atoms with E-state index < -0.39 is 12.0 Å². The molecule has 8 heteroatoms. The maximum absolute atomic E-state index is 13.4. The number of thioether (sulfide) groups is 1. The molecule has 0 saturated carbocycles. The summed E-state index contributed by atoms with van der Waals surface area (Å²) in [6.07, 6.45) is 0.163. The van der Waals surface area contributed by atoms with Gasteiger partial charge >= 0.3 is 5.97 Å². The van der Waals surface area contributed by atoms with Crippen LogP contribution in [-0.4, -0.2) is 28.0 Å². The molecule has 1 N–H and O–H groups in total. The van der Waals surface area contributed by atoms with Crippen LogP contribution in [0.3, 0.4) is 0 Å². The van der Waals surface area contributed by atoms with Crippen molar-refractivity contribution < 1.29 is 14.3 Å². The Kier molecular flexibility index (Phi) is 7.44. The summed E-state index contributed by atoms with van der Waals surface area (Å²) in [5, 5.41) is 6.07. The standard InChI is InChI=1S/C26H26ClN3O3S/c1-16(2)28-22(31)13-19-15-34-26-29-17(3)23(25(32)33-14-18-9-5-4-6-10-18)24(30(19)26)20-11-7-8-12-21(20)27/h4-12,15-16,24H,13-14H2,1-3H3,(H,28,31)/t24-/m0/s1. The number of esters is 1. The Bertz CT molecular complexity index is 1190.